The van der Waals surface area contributed by atoms with Crippen molar-refractivity contribution >= 4 is 45.2 Å². The third-order valence-electron chi connectivity index (χ3n) is 5.49. The molecule has 5 nitrogen and oxygen atoms in total. The highest BCUT2D eigenvalue weighted by Gasteiger charge is 2.40. The molecule has 3 atom stereocenters. The monoisotopic (exact) mass is 491 g/mol. The van der Waals surface area contributed by atoms with Crippen LogP contribution in [0.3, 0.4) is 0 Å². The van der Waals surface area contributed by atoms with Crippen molar-refractivity contribution in [1.29, 1.82) is 0 Å². The summed E-state index contributed by atoms with van der Waals surface area (Å²) in [6, 6.07) is 12.9. The Hall–Kier alpha value is -2.18. The molecule has 0 aliphatic heterocycles. The molecule has 1 amide bonds. The fraction of sp³-hybridized carbons (Fsp3) is 0.348. The minimum Gasteiger partial charge on any atom is -0.469 e. The second-order valence-electron chi connectivity index (χ2n) is 7.39. The van der Waals surface area contributed by atoms with Gasteiger partial charge >= 0.3 is 5.97 Å². The number of benzene rings is 2. The van der Waals surface area contributed by atoms with Gasteiger partial charge in [-0.05, 0) is 48.7 Å². The SMILES string of the molecule is COC(=O)C1CCCCC1C(=O)C(NC(=O)c1cccc(Cl)c1)c1ccc(Br)cc1. The summed E-state index contributed by atoms with van der Waals surface area (Å²) in [6.07, 6.45) is 2.94. The highest BCUT2D eigenvalue weighted by molar-refractivity contribution is 9.10. The van der Waals surface area contributed by atoms with E-state index in [0.717, 1.165) is 17.3 Å². The van der Waals surface area contributed by atoms with E-state index < -0.39 is 23.8 Å². The fourth-order valence-electron chi connectivity index (χ4n) is 3.94. The molecule has 0 radical (unpaired) electrons. The maximum Gasteiger partial charge on any atom is 0.309 e. The molecular weight excluding hydrogens is 470 g/mol. The first-order valence-corrected chi connectivity index (χ1v) is 11.0. The number of methoxy groups -OCH3 is 1. The van der Waals surface area contributed by atoms with Gasteiger partial charge in [0.1, 0.15) is 6.04 Å². The van der Waals surface area contributed by atoms with Crippen molar-refractivity contribution < 1.29 is 19.1 Å². The maximum atomic E-state index is 13.6. The van der Waals surface area contributed by atoms with Crippen molar-refractivity contribution in [3.8, 4) is 0 Å². The number of halogens is 2. The average Bonchev–Trinajstić information content (AvgIpc) is 2.77. The van der Waals surface area contributed by atoms with Crippen molar-refractivity contribution in [3.05, 3.63) is 69.2 Å². The molecule has 3 rings (SSSR count). The van der Waals surface area contributed by atoms with Gasteiger partial charge < -0.3 is 10.1 Å². The number of Topliss-reactive ketones (excluding diaryl/α,β-unsaturated/α-hetero) is 1. The number of hydrogen-bond acceptors (Lipinski definition) is 4. The number of amides is 1. The standard InChI is InChI=1S/C23H23BrClNO4/c1-30-23(29)19-8-3-2-7-18(19)21(27)20(14-9-11-16(24)12-10-14)26-22(28)15-5-4-6-17(25)13-15/h4-6,9-13,18-20H,2-3,7-8H2,1H3,(H,26,28). The Morgan fingerprint density at radius 2 is 1.73 bits per heavy atom. The Balaban J connectivity index is 1.92. The first-order chi connectivity index (χ1) is 14.4. The van der Waals surface area contributed by atoms with Gasteiger partial charge in [-0.3, -0.25) is 14.4 Å². The van der Waals surface area contributed by atoms with Crippen LogP contribution in [0.1, 0.15) is 47.6 Å². The van der Waals surface area contributed by atoms with Crippen LogP contribution in [0.2, 0.25) is 5.02 Å². The van der Waals surface area contributed by atoms with Gasteiger partial charge in [0.05, 0.1) is 13.0 Å². The number of esters is 1. The van der Waals surface area contributed by atoms with Gasteiger partial charge in [0.25, 0.3) is 5.91 Å². The smallest absolute Gasteiger partial charge is 0.309 e. The molecule has 158 valence electrons. The largest absolute Gasteiger partial charge is 0.469 e. The van der Waals surface area contributed by atoms with Gasteiger partial charge in [0.15, 0.2) is 5.78 Å². The van der Waals surface area contributed by atoms with Gasteiger partial charge in [-0.15, -0.1) is 0 Å². The summed E-state index contributed by atoms with van der Waals surface area (Å²) in [5.41, 5.74) is 1.03. The zero-order chi connectivity index (χ0) is 21.7. The first kappa shape index (κ1) is 22.5. The highest BCUT2D eigenvalue weighted by atomic mass is 79.9. The summed E-state index contributed by atoms with van der Waals surface area (Å²) in [7, 11) is 1.34. The molecule has 1 N–H and O–H groups in total. The van der Waals surface area contributed by atoms with Crippen LogP contribution in [0, 0.1) is 11.8 Å². The molecule has 0 aromatic heterocycles. The molecule has 0 saturated heterocycles. The lowest BCUT2D eigenvalue weighted by Gasteiger charge is -2.31. The van der Waals surface area contributed by atoms with Crippen LogP contribution in [0.4, 0.5) is 0 Å². The summed E-state index contributed by atoms with van der Waals surface area (Å²) < 4.78 is 5.80. The molecule has 7 heteroatoms. The van der Waals surface area contributed by atoms with E-state index in [2.05, 4.69) is 21.2 Å². The van der Waals surface area contributed by atoms with E-state index >= 15 is 0 Å². The average molecular weight is 493 g/mol. The molecule has 1 saturated carbocycles. The topological polar surface area (TPSA) is 72.5 Å². The lowest BCUT2D eigenvalue weighted by Crippen LogP contribution is -2.42. The molecule has 1 aliphatic rings. The Bertz CT molecular complexity index is 931. The third kappa shape index (κ3) is 5.29. The zero-order valence-electron chi connectivity index (χ0n) is 16.6. The number of carbonyl (C=O) groups is 3. The van der Waals surface area contributed by atoms with Crippen molar-refractivity contribution in [2.75, 3.05) is 7.11 Å². The van der Waals surface area contributed by atoms with Crippen molar-refractivity contribution in [1.82, 2.24) is 5.32 Å². The normalized spacial score (nSPS) is 19.6. The zero-order valence-corrected chi connectivity index (χ0v) is 18.9. The Morgan fingerprint density at radius 3 is 2.37 bits per heavy atom. The summed E-state index contributed by atoms with van der Waals surface area (Å²) in [4.78, 5) is 38.8. The minimum absolute atomic E-state index is 0.178. The van der Waals surface area contributed by atoms with E-state index in [0.29, 0.717) is 29.0 Å². The second kappa shape index (κ2) is 10.2. The summed E-state index contributed by atoms with van der Waals surface area (Å²) in [5.74, 6) is -1.94. The summed E-state index contributed by atoms with van der Waals surface area (Å²) in [5, 5.41) is 3.29. The summed E-state index contributed by atoms with van der Waals surface area (Å²) >= 11 is 9.40. The third-order valence-corrected chi connectivity index (χ3v) is 6.25. The van der Waals surface area contributed by atoms with E-state index in [-0.39, 0.29) is 11.8 Å². The van der Waals surface area contributed by atoms with Crippen molar-refractivity contribution in [3.63, 3.8) is 0 Å². The first-order valence-electron chi connectivity index (χ1n) is 9.84. The number of carbonyl (C=O) groups excluding carboxylic acids is 3. The molecule has 2 aromatic carbocycles. The predicted octanol–water partition coefficient (Wildman–Crippen LogP) is 5.12. The predicted molar refractivity (Wildman–Crippen MR) is 118 cm³/mol. The van der Waals surface area contributed by atoms with E-state index in [1.54, 1.807) is 36.4 Å². The fourth-order valence-corrected chi connectivity index (χ4v) is 4.39. The van der Waals surface area contributed by atoms with Crippen LogP contribution >= 0.6 is 27.5 Å². The number of ketones is 1. The quantitative estimate of drug-likeness (QED) is 0.568. The van der Waals surface area contributed by atoms with Crippen LogP contribution in [-0.4, -0.2) is 24.8 Å². The van der Waals surface area contributed by atoms with E-state index in [1.807, 2.05) is 12.1 Å². The molecule has 3 unspecified atom stereocenters. The lowest BCUT2D eigenvalue weighted by atomic mass is 9.74. The molecular formula is C23H23BrClNO4. The number of ether oxygens (including phenoxy) is 1. The summed E-state index contributed by atoms with van der Waals surface area (Å²) in [6.45, 7) is 0. The molecule has 2 aromatic rings. The van der Waals surface area contributed by atoms with Gasteiger partial charge in [-0.2, -0.15) is 0 Å². The van der Waals surface area contributed by atoms with E-state index in [9.17, 15) is 14.4 Å². The van der Waals surface area contributed by atoms with Gasteiger partial charge in [-0.25, -0.2) is 0 Å². The number of nitrogens with one attached hydrogen (secondary N) is 1. The molecule has 0 heterocycles. The number of hydrogen-bond donors (Lipinski definition) is 1. The van der Waals surface area contributed by atoms with Gasteiger partial charge in [-0.1, -0.05) is 58.6 Å². The van der Waals surface area contributed by atoms with E-state index in [4.69, 9.17) is 16.3 Å². The highest BCUT2D eigenvalue weighted by Crippen LogP contribution is 2.35. The molecule has 0 bridgehead atoms. The van der Waals surface area contributed by atoms with Crippen LogP contribution in [0.15, 0.2) is 53.0 Å². The van der Waals surface area contributed by atoms with Crippen LogP contribution in [0.5, 0.6) is 0 Å². The molecule has 0 spiro atoms. The Morgan fingerprint density at radius 1 is 1.07 bits per heavy atom. The van der Waals surface area contributed by atoms with Crippen LogP contribution < -0.4 is 5.32 Å². The lowest BCUT2D eigenvalue weighted by molar-refractivity contribution is -0.152. The Kier molecular flexibility index (Phi) is 7.67. The number of rotatable bonds is 6. The van der Waals surface area contributed by atoms with Crippen molar-refractivity contribution in [2.24, 2.45) is 11.8 Å². The van der Waals surface area contributed by atoms with Gasteiger partial charge in [0.2, 0.25) is 0 Å². The van der Waals surface area contributed by atoms with Crippen molar-refractivity contribution in [2.45, 2.75) is 31.7 Å². The minimum atomic E-state index is -0.875. The van der Waals surface area contributed by atoms with Crippen LogP contribution in [-0.2, 0) is 14.3 Å². The second-order valence-corrected chi connectivity index (χ2v) is 8.74. The van der Waals surface area contributed by atoms with E-state index in [1.165, 1.54) is 7.11 Å². The molecule has 1 fully saturated rings. The molecule has 1 aliphatic carbocycles. The Labute approximate surface area is 189 Å². The van der Waals surface area contributed by atoms with Crippen LogP contribution in [0.25, 0.3) is 0 Å². The molecule has 30 heavy (non-hydrogen) atoms. The van der Waals surface area contributed by atoms with Gasteiger partial charge in [0, 0.05) is 21.0 Å². The maximum absolute atomic E-state index is 13.6.